The molecule has 1 N–H and O–H groups in total. The van der Waals surface area contributed by atoms with Crippen molar-refractivity contribution in [2.75, 3.05) is 26.1 Å². The lowest BCUT2D eigenvalue weighted by molar-refractivity contribution is -0.117. The Kier molecular flexibility index (Phi) is 6.99. The minimum absolute atomic E-state index is 0.0749. The number of piperidine rings is 1. The van der Waals surface area contributed by atoms with Gasteiger partial charge in [-0.15, -0.1) is 0 Å². The van der Waals surface area contributed by atoms with Crippen LogP contribution in [0.1, 0.15) is 31.2 Å². The van der Waals surface area contributed by atoms with Crippen LogP contribution < -0.4 is 14.8 Å². The van der Waals surface area contributed by atoms with Gasteiger partial charge in [-0.1, -0.05) is 24.1 Å². The second kappa shape index (κ2) is 9.49. The molecule has 0 aromatic heterocycles. The molecule has 1 atom stereocenters. The molecule has 2 aromatic carbocycles. The zero-order valence-corrected chi connectivity index (χ0v) is 18.4. The van der Waals surface area contributed by atoms with Crippen LogP contribution in [0.25, 0.3) is 0 Å². The number of benzene rings is 2. The fourth-order valence-electron chi connectivity index (χ4n) is 3.67. The van der Waals surface area contributed by atoms with Crippen molar-refractivity contribution in [3.63, 3.8) is 0 Å². The highest BCUT2D eigenvalue weighted by Gasteiger charge is 2.34. The maximum atomic E-state index is 13.2. The van der Waals surface area contributed by atoms with E-state index in [0.717, 1.165) is 18.4 Å². The number of rotatable bonds is 7. The lowest BCUT2D eigenvalue weighted by Crippen LogP contribution is -2.45. The summed E-state index contributed by atoms with van der Waals surface area (Å²) in [6.45, 7) is 2.33. The third-order valence-corrected chi connectivity index (χ3v) is 7.27. The van der Waals surface area contributed by atoms with Crippen LogP contribution in [0.15, 0.2) is 47.4 Å². The number of sulfonamides is 1. The van der Waals surface area contributed by atoms with E-state index in [1.54, 1.807) is 49.6 Å². The van der Waals surface area contributed by atoms with E-state index in [2.05, 4.69) is 5.32 Å². The van der Waals surface area contributed by atoms with Gasteiger partial charge in [-0.3, -0.25) is 4.79 Å². The Hall–Kier alpha value is -2.58. The highest BCUT2D eigenvalue weighted by atomic mass is 32.2. The van der Waals surface area contributed by atoms with Crippen LogP contribution >= 0.6 is 0 Å². The number of carbonyl (C=O) groups excluding carboxylic acids is 1. The topological polar surface area (TPSA) is 84.9 Å². The molecule has 3 rings (SSSR count). The number of ether oxygens (including phenoxy) is 2. The zero-order valence-electron chi connectivity index (χ0n) is 17.6. The van der Waals surface area contributed by atoms with Crippen molar-refractivity contribution in [2.24, 2.45) is 0 Å². The summed E-state index contributed by atoms with van der Waals surface area (Å²) in [4.78, 5) is 13.0. The van der Waals surface area contributed by atoms with E-state index in [-0.39, 0.29) is 23.3 Å². The van der Waals surface area contributed by atoms with Crippen molar-refractivity contribution in [1.82, 2.24) is 4.31 Å². The average Bonchev–Trinajstić information content (AvgIpc) is 2.74. The number of amides is 1. The zero-order chi connectivity index (χ0) is 21.7. The van der Waals surface area contributed by atoms with E-state index in [4.69, 9.17) is 9.47 Å². The van der Waals surface area contributed by atoms with Gasteiger partial charge in [-0.25, -0.2) is 8.42 Å². The van der Waals surface area contributed by atoms with E-state index >= 15 is 0 Å². The van der Waals surface area contributed by atoms with Crippen molar-refractivity contribution in [3.05, 3.63) is 48.0 Å². The summed E-state index contributed by atoms with van der Waals surface area (Å²) in [5, 5.41) is 2.84. The van der Waals surface area contributed by atoms with Crippen molar-refractivity contribution < 1.29 is 22.7 Å². The minimum Gasteiger partial charge on any atom is -0.497 e. The normalized spacial score (nSPS) is 17.4. The predicted molar refractivity (Wildman–Crippen MR) is 116 cm³/mol. The van der Waals surface area contributed by atoms with Crippen LogP contribution in [0.2, 0.25) is 0 Å². The molecule has 1 aliphatic rings. The number of aryl methyl sites for hydroxylation is 1. The second-order valence-corrected chi connectivity index (χ2v) is 9.29. The molecule has 8 heteroatoms. The standard InChI is InChI=1S/C22H28N2O5S/c1-16-7-10-19(11-8-16)30(26,27)24-13-5-4-6-17(24)14-22(25)23-20-15-18(28-2)9-12-21(20)29-3/h7-12,15,17H,4-6,13-14H2,1-3H3,(H,23,25)/t17-/m1/s1. The number of nitrogens with one attached hydrogen (secondary N) is 1. The molecule has 7 nitrogen and oxygen atoms in total. The molecular weight excluding hydrogens is 404 g/mol. The summed E-state index contributed by atoms with van der Waals surface area (Å²) < 4.78 is 38.4. The SMILES string of the molecule is COc1ccc(OC)c(NC(=O)C[C@H]2CCCCN2S(=O)(=O)c2ccc(C)cc2)c1. The lowest BCUT2D eigenvalue weighted by atomic mass is 10.0. The Balaban J connectivity index is 1.77. The van der Waals surface area contributed by atoms with Crippen LogP contribution in [0.5, 0.6) is 11.5 Å². The monoisotopic (exact) mass is 432 g/mol. The second-order valence-electron chi connectivity index (χ2n) is 7.40. The summed E-state index contributed by atoms with van der Waals surface area (Å²) in [5.41, 5.74) is 1.49. The number of hydrogen-bond donors (Lipinski definition) is 1. The maximum Gasteiger partial charge on any atom is 0.243 e. The molecule has 0 saturated carbocycles. The van der Waals surface area contributed by atoms with Gasteiger partial charge in [-0.05, 0) is 44.0 Å². The van der Waals surface area contributed by atoms with E-state index in [1.165, 1.54) is 11.4 Å². The van der Waals surface area contributed by atoms with Crippen molar-refractivity contribution >= 4 is 21.6 Å². The first-order valence-electron chi connectivity index (χ1n) is 9.95. The lowest BCUT2D eigenvalue weighted by Gasteiger charge is -2.34. The minimum atomic E-state index is -3.66. The molecular formula is C22H28N2O5S. The van der Waals surface area contributed by atoms with E-state index in [9.17, 15) is 13.2 Å². The summed E-state index contributed by atoms with van der Waals surface area (Å²) in [6.07, 6.45) is 2.40. The van der Waals surface area contributed by atoms with Crippen molar-refractivity contribution in [3.8, 4) is 11.5 Å². The Labute approximate surface area is 178 Å². The molecule has 0 unspecified atom stereocenters. The number of nitrogens with zero attached hydrogens (tertiary/aromatic N) is 1. The van der Waals surface area contributed by atoms with Gasteiger partial charge in [0.1, 0.15) is 11.5 Å². The van der Waals surface area contributed by atoms with Gasteiger partial charge in [-0.2, -0.15) is 4.31 Å². The van der Waals surface area contributed by atoms with Crippen molar-refractivity contribution in [1.29, 1.82) is 0 Å². The number of anilines is 1. The fraction of sp³-hybridized carbons (Fsp3) is 0.409. The molecule has 30 heavy (non-hydrogen) atoms. The maximum absolute atomic E-state index is 13.2. The van der Waals surface area contributed by atoms with Gasteiger partial charge >= 0.3 is 0 Å². The molecule has 1 fully saturated rings. The van der Waals surface area contributed by atoms with Crippen LogP contribution in [0, 0.1) is 6.92 Å². The third kappa shape index (κ3) is 4.94. The van der Waals surface area contributed by atoms with Gasteiger partial charge in [0.25, 0.3) is 0 Å². The van der Waals surface area contributed by atoms with Gasteiger partial charge in [0.15, 0.2) is 0 Å². The molecule has 1 heterocycles. The van der Waals surface area contributed by atoms with Gasteiger partial charge in [0.05, 0.1) is 24.8 Å². The molecule has 0 bridgehead atoms. The van der Waals surface area contributed by atoms with Crippen LogP contribution in [0.4, 0.5) is 5.69 Å². The van der Waals surface area contributed by atoms with E-state index in [0.29, 0.717) is 30.2 Å². The number of hydrogen-bond acceptors (Lipinski definition) is 5. The Morgan fingerprint density at radius 3 is 2.50 bits per heavy atom. The Morgan fingerprint density at radius 1 is 1.10 bits per heavy atom. The summed E-state index contributed by atoms with van der Waals surface area (Å²) in [5.74, 6) is 0.835. The first kappa shape index (κ1) is 22.1. The van der Waals surface area contributed by atoms with E-state index in [1.807, 2.05) is 6.92 Å². The molecule has 0 aliphatic carbocycles. The molecule has 2 aromatic rings. The molecule has 1 aliphatic heterocycles. The highest BCUT2D eigenvalue weighted by molar-refractivity contribution is 7.89. The van der Waals surface area contributed by atoms with Gasteiger partial charge in [0.2, 0.25) is 15.9 Å². The molecule has 0 radical (unpaired) electrons. The molecule has 0 spiro atoms. The van der Waals surface area contributed by atoms with Crippen LogP contribution in [-0.4, -0.2) is 45.4 Å². The number of methoxy groups -OCH3 is 2. The number of carbonyl (C=O) groups is 1. The van der Waals surface area contributed by atoms with Gasteiger partial charge in [0, 0.05) is 25.1 Å². The van der Waals surface area contributed by atoms with Crippen LogP contribution in [0.3, 0.4) is 0 Å². The van der Waals surface area contributed by atoms with Gasteiger partial charge < -0.3 is 14.8 Å². The summed E-state index contributed by atoms with van der Waals surface area (Å²) in [6, 6.07) is 11.6. The molecule has 1 amide bonds. The quantitative estimate of drug-likeness (QED) is 0.723. The Morgan fingerprint density at radius 2 is 1.83 bits per heavy atom. The third-order valence-electron chi connectivity index (χ3n) is 5.30. The average molecular weight is 433 g/mol. The van der Waals surface area contributed by atoms with Crippen molar-refractivity contribution in [2.45, 2.75) is 43.5 Å². The fourth-order valence-corrected chi connectivity index (χ4v) is 5.36. The summed E-state index contributed by atoms with van der Waals surface area (Å²) >= 11 is 0. The smallest absolute Gasteiger partial charge is 0.243 e. The largest absolute Gasteiger partial charge is 0.497 e. The van der Waals surface area contributed by atoms with E-state index < -0.39 is 10.0 Å². The van der Waals surface area contributed by atoms with Crippen LogP contribution in [-0.2, 0) is 14.8 Å². The predicted octanol–water partition coefficient (Wildman–Crippen LogP) is 3.58. The first-order valence-corrected chi connectivity index (χ1v) is 11.4. The first-order chi connectivity index (χ1) is 14.3. The molecule has 1 saturated heterocycles. The highest BCUT2D eigenvalue weighted by Crippen LogP contribution is 2.31. The summed E-state index contributed by atoms with van der Waals surface area (Å²) in [7, 11) is -0.594. The Bertz CT molecular complexity index is 989. The molecule has 162 valence electrons.